The molecule has 0 aliphatic heterocycles. The van der Waals surface area contributed by atoms with Gasteiger partial charge in [0.25, 0.3) is 0 Å². The lowest BCUT2D eigenvalue weighted by Gasteiger charge is -2.17. The highest BCUT2D eigenvalue weighted by Gasteiger charge is 2.21. The van der Waals surface area contributed by atoms with Gasteiger partial charge in [0.05, 0.1) is 19.5 Å². The molecule has 2 aromatic carbocycles. The zero-order chi connectivity index (χ0) is 24.4. The van der Waals surface area contributed by atoms with Crippen molar-refractivity contribution in [2.75, 3.05) is 26.0 Å². The van der Waals surface area contributed by atoms with Crippen molar-refractivity contribution in [2.24, 2.45) is 0 Å². The van der Waals surface area contributed by atoms with Crippen LogP contribution in [0.15, 0.2) is 42.5 Å². The maximum Gasteiger partial charge on any atom is 0.238 e. The summed E-state index contributed by atoms with van der Waals surface area (Å²) >= 11 is 0. The summed E-state index contributed by atoms with van der Waals surface area (Å²) in [5.41, 5.74) is 1.92. The van der Waals surface area contributed by atoms with E-state index < -0.39 is 16.1 Å². The van der Waals surface area contributed by atoms with Crippen LogP contribution >= 0.6 is 0 Å². The van der Waals surface area contributed by atoms with Crippen LogP contribution in [0.3, 0.4) is 0 Å². The van der Waals surface area contributed by atoms with Gasteiger partial charge < -0.3 is 14.8 Å². The Morgan fingerprint density at radius 3 is 2.39 bits per heavy atom. The van der Waals surface area contributed by atoms with Gasteiger partial charge in [-0.3, -0.25) is 4.79 Å². The first-order valence-electron chi connectivity index (χ1n) is 11.0. The second-order valence-corrected chi connectivity index (χ2v) is 9.81. The number of sulfonamides is 1. The molecule has 0 spiro atoms. The second kappa shape index (κ2) is 12.6. The van der Waals surface area contributed by atoms with Crippen molar-refractivity contribution >= 4 is 15.9 Å². The molecule has 2 atom stereocenters. The van der Waals surface area contributed by atoms with E-state index in [9.17, 15) is 17.6 Å². The number of carbonyl (C=O) groups is 1. The second-order valence-electron chi connectivity index (χ2n) is 7.77. The van der Waals surface area contributed by atoms with E-state index in [1.54, 1.807) is 26.2 Å². The van der Waals surface area contributed by atoms with Crippen LogP contribution in [0.25, 0.3) is 0 Å². The summed E-state index contributed by atoms with van der Waals surface area (Å²) in [6, 6.07) is 11.1. The summed E-state index contributed by atoms with van der Waals surface area (Å²) in [4.78, 5) is 12.3. The van der Waals surface area contributed by atoms with E-state index >= 15 is 0 Å². The lowest BCUT2D eigenvalue weighted by Crippen LogP contribution is -2.47. The molecule has 0 bridgehead atoms. The van der Waals surface area contributed by atoms with Crippen molar-refractivity contribution in [1.29, 1.82) is 0 Å². The fraction of sp³-hybridized carbons (Fsp3) is 0.458. The van der Waals surface area contributed by atoms with Gasteiger partial charge in [-0.15, -0.1) is 0 Å². The topological polar surface area (TPSA) is 93.7 Å². The molecular formula is C24H33FN2O5S. The Hall–Kier alpha value is -2.65. The molecule has 9 heteroatoms. The highest BCUT2D eigenvalue weighted by molar-refractivity contribution is 7.89. The molecule has 0 saturated carbocycles. The standard InChI is InChI=1S/C24H33FN2O5S/c1-5-21(27-33(29,30)6-2)24(28)26-14-13-18-7-12-22(23(15-18)31-4)32-16-17(3)19-8-10-20(25)11-9-19/h7-12,15,17,21,27H,5-6,13-14,16H2,1-4H3,(H,26,28). The number of halogens is 1. The molecule has 2 aromatic rings. The van der Waals surface area contributed by atoms with Gasteiger partial charge in [0.1, 0.15) is 11.9 Å². The van der Waals surface area contributed by atoms with Gasteiger partial charge in [-0.2, -0.15) is 0 Å². The number of hydrogen-bond donors (Lipinski definition) is 2. The Bertz CT molecular complexity index is 1010. The third-order valence-electron chi connectivity index (χ3n) is 5.30. The molecular weight excluding hydrogens is 447 g/mol. The zero-order valence-corrected chi connectivity index (χ0v) is 20.4. The van der Waals surface area contributed by atoms with Gasteiger partial charge in [-0.25, -0.2) is 17.5 Å². The van der Waals surface area contributed by atoms with E-state index in [2.05, 4.69) is 10.0 Å². The summed E-state index contributed by atoms with van der Waals surface area (Å²) in [5.74, 6) is 0.547. The summed E-state index contributed by atoms with van der Waals surface area (Å²) in [6.07, 6.45) is 0.909. The number of hydrogen-bond acceptors (Lipinski definition) is 5. The molecule has 2 N–H and O–H groups in total. The van der Waals surface area contributed by atoms with Gasteiger partial charge in [0.2, 0.25) is 15.9 Å². The van der Waals surface area contributed by atoms with Crippen molar-refractivity contribution in [3.63, 3.8) is 0 Å². The zero-order valence-electron chi connectivity index (χ0n) is 19.6. The predicted octanol–water partition coefficient (Wildman–Crippen LogP) is 3.39. The van der Waals surface area contributed by atoms with E-state index in [1.807, 2.05) is 25.1 Å². The maximum atomic E-state index is 13.1. The minimum atomic E-state index is -3.46. The van der Waals surface area contributed by atoms with Crippen LogP contribution in [-0.4, -0.2) is 46.4 Å². The minimum absolute atomic E-state index is 0.0711. The minimum Gasteiger partial charge on any atom is -0.493 e. The Morgan fingerprint density at radius 1 is 1.09 bits per heavy atom. The molecule has 0 fully saturated rings. The van der Waals surface area contributed by atoms with Gasteiger partial charge in [0, 0.05) is 12.5 Å². The molecule has 33 heavy (non-hydrogen) atoms. The lowest BCUT2D eigenvalue weighted by atomic mass is 10.0. The number of rotatable bonds is 13. The third kappa shape index (κ3) is 8.33. The van der Waals surface area contributed by atoms with E-state index in [1.165, 1.54) is 19.1 Å². The molecule has 1 amide bonds. The molecule has 0 aliphatic rings. The van der Waals surface area contributed by atoms with Crippen LogP contribution in [0.2, 0.25) is 0 Å². The van der Waals surface area contributed by atoms with Crippen molar-refractivity contribution in [2.45, 2.75) is 45.6 Å². The van der Waals surface area contributed by atoms with Crippen molar-refractivity contribution in [3.05, 3.63) is 59.4 Å². The molecule has 0 radical (unpaired) electrons. The first-order valence-corrected chi connectivity index (χ1v) is 12.7. The van der Waals surface area contributed by atoms with E-state index in [0.29, 0.717) is 37.5 Å². The van der Waals surface area contributed by atoms with Crippen molar-refractivity contribution < 1.29 is 27.1 Å². The predicted molar refractivity (Wildman–Crippen MR) is 127 cm³/mol. The quantitative estimate of drug-likeness (QED) is 0.458. The van der Waals surface area contributed by atoms with E-state index in [-0.39, 0.29) is 23.4 Å². The van der Waals surface area contributed by atoms with E-state index in [4.69, 9.17) is 9.47 Å². The Balaban J connectivity index is 1.90. The SMILES string of the molecule is CCC(NS(=O)(=O)CC)C(=O)NCCc1ccc(OCC(C)c2ccc(F)cc2)c(OC)c1. The van der Waals surface area contributed by atoms with Gasteiger partial charge in [-0.1, -0.05) is 32.0 Å². The number of amides is 1. The summed E-state index contributed by atoms with van der Waals surface area (Å²) < 4.78 is 50.3. The smallest absolute Gasteiger partial charge is 0.238 e. The fourth-order valence-electron chi connectivity index (χ4n) is 3.16. The Kier molecular flexibility index (Phi) is 10.1. The van der Waals surface area contributed by atoms with Crippen LogP contribution in [0.4, 0.5) is 4.39 Å². The van der Waals surface area contributed by atoms with Crippen LogP contribution in [-0.2, 0) is 21.2 Å². The van der Waals surface area contributed by atoms with Gasteiger partial charge >= 0.3 is 0 Å². The molecule has 2 unspecified atom stereocenters. The monoisotopic (exact) mass is 480 g/mol. The molecule has 0 aliphatic carbocycles. The Morgan fingerprint density at radius 2 is 1.79 bits per heavy atom. The largest absolute Gasteiger partial charge is 0.493 e. The number of benzene rings is 2. The van der Waals surface area contributed by atoms with Crippen LogP contribution in [0, 0.1) is 5.82 Å². The molecule has 7 nitrogen and oxygen atoms in total. The molecule has 0 saturated heterocycles. The molecule has 182 valence electrons. The summed E-state index contributed by atoms with van der Waals surface area (Å²) in [6.45, 7) is 6.04. The van der Waals surface area contributed by atoms with Crippen molar-refractivity contribution in [3.8, 4) is 11.5 Å². The Labute approximate surface area is 195 Å². The molecule has 0 heterocycles. The number of ether oxygens (including phenoxy) is 2. The van der Waals surface area contributed by atoms with Crippen LogP contribution in [0.5, 0.6) is 11.5 Å². The first kappa shape index (κ1) is 26.6. The average molecular weight is 481 g/mol. The van der Waals surface area contributed by atoms with E-state index in [0.717, 1.165) is 11.1 Å². The number of methoxy groups -OCH3 is 1. The van der Waals surface area contributed by atoms with Crippen molar-refractivity contribution in [1.82, 2.24) is 10.0 Å². The summed E-state index contributed by atoms with van der Waals surface area (Å²) in [5, 5.41) is 2.78. The first-order chi connectivity index (χ1) is 15.7. The number of nitrogens with one attached hydrogen (secondary N) is 2. The maximum absolute atomic E-state index is 13.1. The normalized spacial score (nSPS) is 13.2. The molecule has 0 aromatic heterocycles. The average Bonchev–Trinajstić information content (AvgIpc) is 2.81. The highest BCUT2D eigenvalue weighted by Crippen LogP contribution is 2.29. The molecule has 2 rings (SSSR count). The fourth-order valence-corrected chi connectivity index (χ4v) is 4.04. The van der Waals surface area contributed by atoms with Gasteiger partial charge in [0.15, 0.2) is 11.5 Å². The highest BCUT2D eigenvalue weighted by atomic mass is 32.2. The van der Waals surface area contributed by atoms with Crippen LogP contribution < -0.4 is 19.5 Å². The summed E-state index contributed by atoms with van der Waals surface area (Å²) in [7, 11) is -1.90. The third-order valence-corrected chi connectivity index (χ3v) is 6.70. The van der Waals surface area contributed by atoms with Gasteiger partial charge in [-0.05, 0) is 55.2 Å². The lowest BCUT2D eigenvalue weighted by molar-refractivity contribution is -0.122. The van der Waals surface area contributed by atoms with Crippen LogP contribution in [0.1, 0.15) is 44.2 Å². The number of carbonyl (C=O) groups excluding carboxylic acids is 1.